The van der Waals surface area contributed by atoms with Crippen molar-refractivity contribution < 1.29 is 9.26 Å². The number of rotatable bonds is 4. The van der Waals surface area contributed by atoms with E-state index in [1.807, 2.05) is 0 Å². The van der Waals surface area contributed by atoms with Crippen molar-refractivity contribution in [3.8, 4) is 0 Å². The average molecular weight is 331 g/mol. The van der Waals surface area contributed by atoms with Crippen molar-refractivity contribution in [3.05, 3.63) is 28.5 Å². The maximum absolute atomic E-state index is 5.56. The van der Waals surface area contributed by atoms with E-state index in [1.54, 1.807) is 17.7 Å². The minimum atomic E-state index is -0.0521. The van der Waals surface area contributed by atoms with Crippen molar-refractivity contribution in [3.63, 3.8) is 0 Å². The van der Waals surface area contributed by atoms with Crippen molar-refractivity contribution in [1.82, 2.24) is 20.1 Å². The van der Waals surface area contributed by atoms with Gasteiger partial charge in [0.1, 0.15) is 23.1 Å². The predicted molar refractivity (Wildman–Crippen MR) is 86.4 cm³/mol. The molecule has 0 spiro atoms. The van der Waals surface area contributed by atoms with Gasteiger partial charge in [0.05, 0.1) is 11.9 Å². The summed E-state index contributed by atoms with van der Waals surface area (Å²) in [6.07, 6.45) is 3.50. The third-order valence-electron chi connectivity index (χ3n) is 4.07. The summed E-state index contributed by atoms with van der Waals surface area (Å²) in [4.78, 5) is 15.3. The maximum atomic E-state index is 5.56. The third-order valence-corrected chi connectivity index (χ3v) is 5.18. The lowest BCUT2D eigenvalue weighted by atomic mass is 10.2. The number of anilines is 1. The highest BCUT2D eigenvalue weighted by molar-refractivity contribution is 7.18. The number of nitrogens with one attached hydrogen (secondary N) is 1. The van der Waals surface area contributed by atoms with E-state index in [0.717, 1.165) is 35.5 Å². The number of nitrogens with zero attached hydrogens (tertiary/aromatic N) is 4. The van der Waals surface area contributed by atoms with E-state index in [9.17, 15) is 0 Å². The third kappa shape index (κ3) is 2.68. The van der Waals surface area contributed by atoms with Gasteiger partial charge in [-0.1, -0.05) is 5.16 Å². The summed E-state index contributed by atoms with van der Waals surface area (Å²) in [7, 11) is 0. The number of hydrogen-bond donors (Lipinski definition) is 1. The van der Waals surface area contributed by atoms with Crippen LogP contribution < -0.4 is 5.32 Å². The van der Waals surface area contributed by atoms with Gasteiger partial charge in [0, 0.05) is 11.5 Å². The molecule has 0 aliphatic carbocycles. The molecule has 1 aliphatic heterocycles. The Morgan fingerprint density at radius 3 is 3.09 bits per heavy atom. The molecular weight excluding hydrogens is 314 g/mol. The number of thiophene rings is 1. The Hall–Kier alpha value is -2.06. The molecule has 0 aromatic carbocycles. The van der Waals surface area contributed by atoms with Crippen LogP contribution >= 0.6 is 11.3 Å². The first-order chi connectivity index (χ1) is 11.2. The molecule has 1 atom stereocenters. The second kappa shape index (κ2) is 5.86. The van der Waals surface area contributed by atoms with E-state index in [0.29, 0.717) is 18.3 Å². The molecule has 0 saturated carbocycles. The van der Waals surface area contributed by atoms with E-state index in [1.165, 1.54) is 10.4 Å². The molecule has 1 N–H and O–H groups in total. The largest absolute Gasteiger partial charge is 0.368 e. The molecule has 23 heavy (non-hydrogen) atoms. The number of ether oxygens (including phenoxy) is 1. The molecule has 0 unspecified atom stereocenters. The van der Waals surface area contributed by atoms with Crippen LogP contribution in [0.1, 0.15) is 41.1 Å². The smallest absolute Gasteiger partial charge is 0.255 e. The van der Waals surface area contributed by atoms with Crippen LogP contribution in [0.3, 0.4) is 0 Å². The Bertz CT molecular complexity index is 838. The quantitative estimate of drug-likeness (QED) is 0.786. The van der Waals surface area contributed by atoms with Gasteiger partial charge in [-0.05, 0) is 32.3 Å². The van der Waals surface area contributed by atoms with Crippen molar-refractivity contribution in [1.29, 1.82) is 0 Å². The first-order valence-electron chi connectivity index (χ1n) is 7.61. The summed E-state index contributed by atoms with van der Waals surface area (Å²) in [5.41, 5.74) is 1.21. The van der Waals surface area contributed by atoms with Gasteiger partial charge in [-0.15, -0.1) is 11.3 Å². The zero-order valence-electron chi connectivity index (χ0n) is 13.0. The van der Waals surface area contributed by atoms with Crippen LogP contribution in [0, 0.1) is 13.8 Å². The van der Waals surface area contributed by atoms with Crippen molar-refractivity contribution in [2.24, 2.45) is 0 Å². The Balaban J connectivity index is 1.53. The van der Waals surface area contributed by atoms with E-state index >= 15 is 0 Å². The molecule has 4 heterocycles. The van der Waals surface area contributed by atoms with E-state index < -0.39 is 0 Å². The highest BCUT2D eigenvalue weighted by atomic mass is 32.1. The van der Waals surface area contributed by atoms with Crippen molar-refractivity contribution in [2.75, 3.05) is 11.9 Å². The fourth-order valence-electron chi connectivity index (χ4n) is 2.72. The van der Waals surface area contributed by atoms with Crippen LogP contribution in [0.5, 0.6) is 0 Å². The summed E-state index contributed by atoms with van der Waals surface area (Å²) in [5, 5.41) is 8.37. The maximum Gasteiger partial charge on any atom is 0.255 e. The molecule has 1 saturated heterocycles. The highest BCUT2D eigenvalue weighted by Crippen LogP contribution is 2.32. The number of fused-ring (bicyclic) bond motifs is 1. The molecule has 0 amide bonds. The zero-order chi connectivity index (χ0) is 15.8. The van der Waals surface area contributed by atoms with E-state index in [-0.39, 0.29) is 6.10 Å². The van der Waals surface area contributed by atoms with Gasteiger partial charge in [0.15, 0.2) is 5.82 Å². The van der Waals surface area contributed by atoms with Gasteiger partial charge < -0.3 is 14.6 Å². The van der Waals surface area contributed by atoms with Crippen LogP contribution in [0.25, 0.3) is 10.2 Å². The standard InChI is InChI=1S/C15H17N5O2S/c1-8-9(2)23-15-12(8)13(17-7-18-15)16-6-11-19-14(22-20-11)10-4-3-5-21-10/h7,10H,3-6H2,1-2H3,(H,16,17,18)/t10-/m1/s1. The van der Waals surface area contributed by atoms with Crippen LogP contribution in [0.15, 0.2) is 10.9 Å². The lowest BCUT2D eigenvalue weighted by Crippen LogP contribution is -2.04. The normalized spacial score (nSPS) is 17.9. The van der Waals surface area contributed by atoms with Gasteiger partial charge >= 0.3 is 0 Å². The summed E-state index contributed by atoms with van der Waals surface area (Å²) in [6, 6.07) is 0. The summed E-state index contributed by atoms with van der Waals surface area (Å²) < 4.78 is 10.9. The van der Waals surface area contributed by atoms with Crippen molar-refractivity contribution >= 4 is 27.4 Å². The highest BCUT2D eigenvalue weighted by Gasteiger charge is 2.23. The first kappa shape index (κ1) is 14.5. The minimum Gasteiger partial charge on any atom is -0.368 e. The molecule has 1 aliphatic rings. The van der Waals surface area contributed by atoms with E-state index in [2.05, 4.69) is 39.3 Å². The predicted octanol–water partition coefficient (Wildman–Crippen LogP) is 3.15. The summed E-state index contributed by atoms with van der Waals surface area (Å²) in [5.74, 6) is 1.97. The fourth-order valence-corrected chi connectivity index (χ4v) is 3.72. The second-order valence-electron chi connectivity index (χ2n) is 5.59. The van der Waals surface area contributed by atoms with Gasteiger partial charge in [-0.25, -0.2) is 9.97 Å². The molecule has 3 aromatic rings. The van der Waals surface area contributed by atoms with Crippen LogP contribution in [-0.4, -0.2) is 26.7 Å². The lowest BCUT2D eigenvalue weighted by Gasteiger charge is -2.04. The molecule has 0 radical (unpaired) electrons. The van der Waals surface area contributed by atoms with Gasteiger partial charge in [-0.3, -0.25) is 0 Å². The van der Waals surface area contributed by atoms with Crippen LogP contribution in [0.4, 0.5) is 5.82 Å². The Morgan fingerprint density at radius 1 is 1.35 bits per heavy atom. The lowest BCUT2D eigenvalue weighted by molar-refractivity contribution is 0.0835. The molecule has 7 nitrogen and oxygen atoms in total. The Kier molecular flexibility index (Phi) is 3.70. The van der Waals surface area contributed by atoms with Crippen molar-refractivity contribution in [2.45, 2.75) is 39.3 Å². The first-order valence-corrected chi connectivity index (χ1v) is 8.42. The van der Waals surface area contributed by atoms with Gasteiger partial charge in [-0.2, -0.15) is 4.98 Å². The fraction of sp³-hybridized carbons (Fsp3) is 0.467. The Morgan fingerprint density at radius 2 is 2.26 bits per heavy atom. The summed E-state index contributed by atoms with van der Waals surface area (Å²) >= 11 is 1.68. The second-order valence-corrected chi connectivity index (χ2v) is 6.79. The summed E-state index contributed by atoms with van der Waals surface area (Å²) in [6.45, 7) is 5.40. The monoisotopic (exact) mass is 331 g/mol. The number of aromatic nitrogens is 4. The molecule has 120 valence electrons. The molecular formula is C15H17N5O2S. The molecule has 4 rings (SSSR count). The van der Waals surface area contributed by atoms with Gasteiger partial charge in [0.25, 0.3) is 5.89 Å². The molecule has 3 aromatic heterocycles. The van der Waals surface area contributed by atoms with Crippen LogP contribution in [0.2, 0.25) is 0 Å². The van der Waals surface area contributed by atoms with E-state index in [4.69, 9.17) is 9.26 Å². The minimum absolute atomic E-state index is 0.0521. The molecule has 1 fully saturated rings. The van der Waals surface area contributed by atoms with Gasteiger partial charge in [0.2, 0.25) is 0 Å². The SMILES string of the molecule is Cc1sc2ncnc(NCc3noc([C@H]4CCCO4)n3)c2c1C. The average Bonchev–Trinajstić information content (AvgIpc) is 3.27. The number of hydrogen-bond acceptors (Lipinski definition) is 8. The topological polar surface area (TPSA) is 86.0 Å². The molecule has 8 heteroatoms. The Labute approximate surface area is 137 Å². The van der Waals surface area contributed by atoms with Crippen LogP contribution in [-0.2, 0) is 11.3 Å². The molecule has 0 bridgehead atoms. The number of aryl methyl sites for hydroxylation is 2. The zero-order valence-corrected chi connectivity index (χ0v) is 13.8.